The number of halogens is 2. The predicted molar refractivity (Wildman–Crippen MR) is 137 cm³/mol. The van der Waals surface area contributed by atoms with E-state index in [0.717, 1.165) is 11.1 Å². The summed E-state index contributed by atoms with van der Waals surface area (Å²) < 4.78 is 14.5. The lowest BCUT2D eigenvalue weighted by atomic mass is 9.90. The predicted octanol–water partition coefficient (Wildman–Crippen LogP) is 4.98. The first kappa shape index (κ1) is 27.1. The number of imidazole rings is 1. The summed E-state index contributed by atoms with van der Waals surface area (Å²) in [6, 6.07) is 14.6. The van der Waals surface area contributed by atoms with Gasteiger partial charge in [0.25, 0.3) is 0 Å². The van der Waals surface area contributed by atoms with Gasteiger partial charge in [0.15, 0.2) is 11.4 Å². The van der Waals surface area contributed by atoms with Crippen LogP contribution in [0.1, 0.15) is 48.8 Å². The summed E-state index contributed by atoms with van der Waals surface area (Å²) in [6.45, 7) is 2.36. The van der Waals surface area contributed by atoms with Gasteiger partial charge in [-0.3, -0.25) is 9.59 Å². The average molecular weight is 548 g/mol. The van der Waals surface area contributed by atoms with Crippen molar-refractivity contribution < 1.29 is 29.3 Å². The Morgan fingerprint density at radius 1 is 1.08 bits per heavy atom. The molecule has 0 unspecified atom stereocenters. The number of benzene rings is 2. The van der Waals surface area contributed by atoms with Gasteiger partial charge in [0.2, 0.25) is 5.91 Å². The smallest absolute Gasteiger partial charge is 0.303 e. The number of amides is 1. The fourth-order valence-corrected chi connectivity index (χ4v) is 4.51. The molecular formula is C26H27Cl2N3O6. The molecular weight excluding hydrogens is 521 g/mol. The Hall–Kier alpha value is -2.95. The first-order valence-corrected chi connectivity index (χ1v) is 12.5. The quantitative estimate of drug-likeness (QED) is 0.345. The van der Waals surface area contributed by atoms with Crippen molar-refractivity contribution in [1.82, 2.24) is 9.55 Å². The maximum atomic E-state index is 12.1. The molecule has 1 aliphatic heterocycles. The zero-order valence-electron chi connectivity index (χ0n) is 20.0. The van der Waals surface area contributed by atoms with Crippen LogP contribution in [0.15, 0.2) is 54.9 Å². The van der Waals surface area contributed by atoms with E-state index in [4.69, 9.17) is 37.8 Å². The highest BCUT2D eigenvalue weighted by Gasteiger charge is 2.39. The normalized spacial score (nSPS) is 21.5. The van der Waals surface area contributed by atoms with E-state index in [2.05, 4.69) is 10.3 Å². The molecule has 0 saturated carbocycles. The Balaban J connectivity index is 1.60. The van der Waals surface area contributed by atoms with Gasteiger partial charge in [-0.2, -0.15) is 0 Å². The Labute approximate surface area is 223 Å². The zero-order chi connectivity index (χ0) is 26.5. The van der Waals surface area contributed by atoms with E-state index in [1.165, 1.54) is 0 Å². The van der Waals surface area contributed by atoms with E-state index < -0.39 is 18.2 Å². The van der Waals surface area contributed by atoms with E-state index in [9.17, 15) is 14.7 Å². The van der Waals surface area contributed by atoms with Crippen molar-refractivity contribution >= 4 is 40.8 Å². The molecule has 11 heteroatoms. The number of hydrogen-bond acceptors (Lipinski definition) is 6. The summed E-state index contributed by atoms with van der Waals surface area (Å²) in [4.78, 5) is 27.0. The van der Waals surface area contributed by atoms with Crippen molar-refractivity contribution in [3.05, 3.63) is 81.9 Å². The minimum atomic E-state index is -1.04. The van der Waals surface area contributed by atoms with Crippen molar-refractivity contribution in [1.29, 1.82) is 0 Å². The second-order valence-corrected chi connectivity index (χ2v) is 9.58. The number of aliphatic carboxylic acids is 1. The molecule has 37 heavy (non-hydrogen) atoms. The molecule has 0 bridgehead atoms. The number of aliphatic hydroxyl groups excluding tert-OH is 1. The molecule has 3 aromatic rings. The number of anilines is 1. The number of aliphatic hydroxyl groups is 1. The van der Waals surface area contributed by atoms with Crippen molar-refractivity contribution in [2.45, 2.75) is 51.4 Å². The third-order valence-corrected chi connectivity index (χ3v) is 7.01. The summed E-state index contributed by atoms with van der Waals surface area (Å²) in [5.74, 6) is -1.53. The summed E-state index contributed by atoms with van der Waals surface area (Å²) in [6.07, 6.45) is -0.269. The molecule has 0 aliphatic carbocycles. The molecule has 1 aliphatic rings. The summed E-state index contributed by atoms with van der Waals surface area (Å²) in [5.41, 5.74) is 2.90. The van der Waals surface area contributed by atoms with Crippen LogP contribution in [0, 0.1) is 5.92 Å². The minimum Gasteiger partial charge on any atom is -0.481 e. The lowest BCUT2D eigenvalue weighted by molar-refractivity contribution is -0.276. The standard InChI is InChI=1S/C26H27Cl2N3O6/c1-15-20(12-31-14-29-24(27)25(31)28)36-26(37-23(15)17-7-5-16(13-32)6-8-17)18-3-2-4-19(11-18)30-21(33)9-10-22(34)35/h2-8,11,14-15,20,23,26,32H,9-10,12-13H2,1H3,(H,30,33)(H,34,35)/t15-,20+,23+,26+/m1/s1. The van der Waals surface area contributed by atoms with Crippen LogP contribution >= 0.6 is 23.2 Å². The molecule has 1 saturated heterocycles. The highest BCUT2D eigenvalue weighted by molar-refractivity contribution is 6.40. The second-order valence-electron chi connectivity index (χ2n) is 8.87. The molecule has 4 atom stereocenters. The number of nitrogens with one attached hydrogen (secondary N) is 1. The minimum absolute atomic E-state index is 0.0550. The maximum absolute atomic E-state index is 12.1. The van der Waals surface area contributed by atoms with Gasteiger partial charge in [0.05, 0.1) is 38.1 Å². The average Bonchev–Trinajstić information content (AvgIpc) is 3.21. The second kappa shape index (κ2) is 12.1. The Bertz CT molecular complexity index is 1250. The van der Waals surface area contributed by atoms with Crippen LogP contribution < -0.4 is 5.32 Å². The van der Waals surface area contributed by atoms with Crippen LogP contribution in [0.3, 0.4) is 0 Å². The van der Waals surface area contributed by atoms with E-state index in [0.29, 0.717) is 22.9 Å². The van der Waals surface area contributed by atoms with Gasteiger partial charge >= 0.3 is 5.97 Å². The van der Waals surface area contributed by atoms with Crippen molar-refractivity contribution in [3.8, 4) is 0 Å². The summed E-state index contributed by atoms with van der Waals surface area (Å²) in [5, 5.41) is 21.5. The van der Waals surface area contributed by atoms with E-state index in [1.807, 2.05) is 37.3 Å². The number of carboxylic acid groups (broad SMARTS) is 1. The van der Waals surface area contributed by atoms with Gasteiger partial charge < -0.3 is 29.6 Å². The first-order chi connectivity index (χ1) is 17.7. The zero-order valence-corrected chi connectivity index (χ0v) is 21.5. The van der Waals surface area contributed by atoms with E-state index in [1.54, 1.807) is 29.1 Å². The number of ether oxygens (including phenoxy) is 2. The monoisotopic (exact) mass is 547 g/mol. The highest BCUT2D eigenvalue weighted by Crippen LogP contribution is 2.42. The topological polar surface area (TPSA) is 123 Å². The molecule has 1 fully saturated rings. The molecule has 0 radical (unpaired) electrons. The van der Waals surface area contributed by atoms with Crippen molar-refractivity contribution in [2.75, 3.05) is 5.32 Å². The van der Waals surface area contributed by atoms with Gasteiger partial charge in [0.1, 0.15) is 5.15 Å². The highest BCUT2D eigenvalue weighted by atomic mass is 35.5. The van der Waals surface area contributed by atoms with Crippen LogP contribution in [-0.4, -0.2) is 37.7 Å². The molecule has 1 amide bonds. The summed E-state index contributed by atoms with van der Waals surface area (Å²) in [7, 11) is 0. The third kappa shape index (κ3) is 6.68. The number of aromatic nitrogens is 2. The molecule has 2 heterocycles. The maximum Gasteiger partial charge on any atom is 0.303 e. The number of hydrogen-bond donors (Lipinski definition) is 3. The van der Waals surface area contributed by atoms with Gasteiger partial charge in [-0.15, -0.1) is 0 Å². The van der Waals surface area contributed by atoms with Crippen LogP contribution in [0.2, 0.25) is 10.3 Å². The Kier molecular flexibility index (Phi) is 8.83. The lowest BCUT2D eigenvalue weighted by Gasteiger charge is -2.41. The van der Waals surface area contributed by atoms with Gasteiger partial charge in [-0.05, 0) is 23.3 Å². The molecule has 1 aromatic heterocycles. The van der Waals surface area contributed by atoms with Gasteiger partial charge in [-0.25, -0.2) is 4.98 Å². The van der Waals surface area contributed by atoms with Crippen LogP contribution in [0.25, 0.3) is 0 Å². The van der Waals surface area contributed by atoms with Crippen LogP contribution in [0.5, 0.6) is 0 Å². The summed E-state index contributed by atoms with van der Waals surface area (Å²) >= 11 is 12.4. The SMILES string of the molecule is C[C@@H]1[C@H](Cn2cnc(Cl)c2Cl)O[C@H](c2cccc(NC(=O)CCC(=O)O)c2)O[C@@H]1c1ccc(CO)cc1. The Morgan fingerprint density at radius 2 is 1.84 bits per heavy atom. The van der Waals surface area contributed by atoms with E-state index in [-0.39, 0.29) is 42.7 Å². The van der Waals surface area contributed by atoms with Crippen molar-refractivity contribution in [3.63, 3.8) is 0 Å². The number of rotatable bonds is 9. The molecule has 9 nitrogen and oxygen atoms in total. The molecule has 3 N–H and O–H groups in total. The fourth-order valence-electron chi connectivity index (χ4n) is 4.20. The lowest BCUT2D eigenvalue weighted by Crippen LogP contribution is -2.39. The Morgan fingerprint density at radius 3 is 2.49 bits per heavy atom. The molecule has 4 rings (SSSR count). The van der Waals surface area contributed by atoms with Gasteiger partial charge in [-0.1, -0.05) is 66.5 Å². The number of carboxylic acids is 1. The molecule has 196 valence electrons. The van der Waals surface area contributed by atoms with Gasteiger partial charge in [0, 0.05) is 23.6 Å². The third-order valence-electron chi connectivity index (χ3n) is 6.24. The first-order valence-electron chi connectivity index (χ1n) is 11.7. The number of carbonyl (C=O) groups excluding carboxylic acids is 1. The molecule has 0 spiro atoms. The van der Waals surface area contributed by atoms with Crippen molar-refractivity contribution in [2.24, 2.45) is 5.92 Å². The largest absolute Gasteiger partial charge is 0.481 e. The van der Waals surface area contributed by atoms with E-state index >= 15 is 0 Å². The number of carbonyl (C=O) groups is 2. The van der Waals surface area contributed by atoms with Crippen LogP contribution in [0.4, 0.5) is 5.69 Å². The fraction of sp³-hybridized carbons (Fsp3) is 0.346. The van der Waals surface area contributed by atoms with Crippen LogP contribution in [-0.2, 0) is 32.2 Å². The molecule has 2 aromatic carbocycles. The number of nitrogens with zero attached hydrogens (tertiary/aromatic N) is 2.